The third-order valence-corrected chi connectivity index (χ3v) is 6.35. The number of carbonyl (C=O) groups is 2. The first-order valence-corrected chi connectivity index (χ1v) is 13.2. The van der Waals surface area contributed by atoms with Gasteiger partial charge in [0.15, 0.2) is 0 Å². The number of thioether (sulfide) groups is 1. The van der Waals surface area contributed by atoms with E-state index in [2.05, 4.69) is 15.8 Å². The number of nitrogens with one attached hydrogen (secondary N) is 2. The third-order valence-electron chi connectivity index (χ3n) is 5.24. The fourth-order valence-corrected chi connectivity index (χ4v) is 4.40. The van der Waals surface area contributed by atoms with Gasteiger partial charge in [0.2, 0.25) is 0 Å². The second kappa shape index (κ2) is 14.4. The van der Waals surface area contributed by atoms with Crippen LogP contribution in [0.15, 0.2) is 77.9 Å². The number of non-ortho nitro benzene ring substituents is 2. The summed E-state index contributed by atoms with van der Waals surface area (Å²) < 4.78 is 5.60. The van der Waals surface area contributed by atoms with E-state index in [0.717, 1.165) is 23.8 Å². The standard InChI is InChI=1S/C27H27N5O7S/c1-18(2)39-24-10-8-19(9-11-24)15-28-30-27(34)25(17-40-16-20-6-4-3-5-7-20)29-26(33)21-12-22(31(35)36)14-23(13-21)32(37)38/h3-15,18,25H,16-17H2,1-2H3,(H,29,33)(H,30,34)/b28-15-/t25-/m0/s1. The molecule has 0 fully saturated rings. The van der Waals surface area contributed by atoms with Crippen LogP contribution in [0.5, 0.6) is 5.75 Å². The van der Waals surface area contributed by atoms with Crippen LogP contribution in [0.1, 0.15) is 35.3 Å². The summed E-state index contributed by atoms with van der Waals surface area (Å²) >= 11 is 1.37. The maximum Gasteiger partial charge on any atom is 0.277 e. The van der Waals surface area contributed by atoms with Gasteiger partial charge in [-0.1, -0.05) is 30.3 Å². The summed E-state index contributed by atoms with van der Waals surface area (Å²) in [5.74, 6) is -0.130. The van der Waals surface area contributed by atoms with Crippen LogP contribution in [0.3, 0.4) is 0 Å². The molecule has 12 nitrogen and oxygen atoms in total. The fourth-order valence-electron chi connectivity index (χ4n) is 3.38. The average molecular weight is 566 g/mol. The van der Waals surface area contributed by atoms with E-state index in [1.54, 1.807) is 24.3 Å². The van der Waals surface area contributed by atoms with E-state index in [1.807, 2.05) is 44.2 Å². The van der Waals surface area contributed by atoms with Crippen molar-refractivity contribution in [1.82, 2.24) is 10.7 Å². The van der Waals surface area contributed by atoms with Gasteiger partial charge in [0, 0.05) is 23.6 Å². The Morgan fingerprint density at radius 3 is 2.17 bits per heavy atom. The molecule has 0 bridgehead atoms. The van der Waals surface area contributed by atoms with Crippen molar-refractivity contribution in [2.75, 3.05) is 5.75 Å². The van der Waals surface area contributed by atoms with Crippen molar-refractivity contribution in [3.8, 4) is 5.75 Å². The van der Waals surface area contributed by atoms with Crippen LogP contribution in [0.4, 0.5) is 11.4 Å². The Morgan fingerprint density at radius 1 is 0.975 bits per heavy atom. The molecule has 0 aromatic heterocycles. The number of nitro benzene ring substituents is 2. The molecule has 0 aliphatic heterocycles. The van der Waals surface area contributed by atoms with Crippen LogP contribution in [-0.4, -0.2) is 45.8 Å². The van der Waals surface area contributed by atoms with E-state index in [4.69, 9.17) is 4.74 Å². The lowest BCUT2D eigenvalue weighted by Gasteiger charge is -2.17. The van der Waals surface area contributed by atoms with Gasteiger partial charge in [-0.15, -0.1) is 0 Å². The quantitative estimate of drug-likeness (QED) is 0.174. The van der Waals surface area contributed by atoms with Gasteiger partial charge in [-0.3, -0.25) is 29.8 Å². The zero-order valence-electron chi connectivity index (χ0n) is 21.7. The largest absolute Gasteiger partial charge is 0.491 e. The molecule has 0 heterocycles. The highest BCUT2D eigenvalue weighted by atomic mass is 32.2. The molecule has 13 heteroatoms. The highest BCUT2D eigenvalue weighted by molar-refractivity contribution is 7.98. The van der Waals surface area contributed by atoms with Gasteiger partial charge in [-0.05, 0) is 49.2 Å². The molecule has 2 N–H and O–H groups in total. The van der Waals surface area contributed by atoms with Gasteiger partial charge in [0.25, 0.3) is 23.2 Å². The Hall–Kier alpha value is -4.78. The zero-order chi connectivity index (χ0) is 29.1. The van der Waals surface area contributed by atoms with Crippen LogP contribution < -0.4 is 15.5 Å². The van der Waals surface area contributed by atoms with E-state index in [-0.39, 0.29) is 17.4 Å². The third kappa shape index (κ3) is 9.20. The maximum atomic E-state index is 13.0. The molecule has 0 saturated carbocycles. The minimum atomic E-state index is -1.10. The molecule has 40 heavy (non-hydrogen) atoms. The van der Waals surface area contributed by atoms with Crippen molar-refractivity contribution in [3.05, 3.63) is 110 Å². The lowest BCUT2D eigenvalue weighted by molar-refractivity contribution is -0.394. The number of ether oxygens (including phenoxy) is 1. The summed E-state index contributed by atoms with van der Waals surface area (Å²) in [6.07, 6.45) is 1.45. The molecule has 0 spiro atoms. The normalized spacial score (nSPS) is 11.7. The number of hydrogen-bond acceptors (Lipinski definition) is 9. The van der Waals surface area contributed by atoms with Gasteiger partial charge in [-0.2, -0.15) is 16.9 Å². The topological polar surface area (TPSA) is 166 Å². The van der Waals surface area contributed by atoms with Crippen LogP contribution in [0.2, 0.25) is 0 Å². The van der Waals surface area contributed by atoms with Crippen LogP contribution in [-0.2, 0) is 10.5 Å². The molecule has 3 aromatic carbocycles. The summed E-state index contributed by atoms with van der Waals surface area (Å²) in [6, 6.07) is 18.0. The molecule has 2 amide bonds. The highest BCUT2D eigenvalue weighted by Gasteiger charge is 2.25. The smallest absolute Gasteiger partial charge is 0.277 e. The first-order valence-electron chi connectivity index (χ1n) is 12.1. The van der Waals surface area contributed by atoms with Crippen LogP contribution in [0.25, 0.3) is 0 Å². The van der Waals surface area contributed by atoms with Crippen molar-refractivity contribution in [2.24, 2.45) is 5.10 Å². The van der Waals surface area contributed by atoms with Crippen molar-refractivity contribution in [1.29, 1.82) is 0 Å². The van der Waals surface area contributed by atoms with Crippen molar-refractivity contribution < 1.29 is 24.2 Å². The van der Waals surface area contributed by atoms with Crippen molar-refractivity contribution in [2.45, 2.75) is 31.7 Å². The summed E-state index contributed by atoms with van der Waals surface area (Å²) in [5.41, 5.74) is 2.55. The second-order valence-corrected chi connectivity index (χ2v) is 9.78. The number of carbonyl (C=O) groups excluding carboxylic acids is 2. The molecule has 0 aliphatic rings. The number of nitro groups is 2. The van der Waals surface area contributed by atoms with Crippen LogP contribution in [0, 0.1) is 20.2 Å². The van der Waals surface area contributed by atoms with Gasteiger partial charge in [0.1, 0.15) is 11.8 Å². The van der Waals surface area contributed by atoms with E-state index in [1.165, 1.54) is 18.0 Å². The molecule has 1 atom stereocenters. The number of rotatable bonds is 13. The Morgan fingerprint density at radius 2 is 1.60 bits per heavy atom. The van der Waals surface area contributed by atoms with E-state index in [9.17, 15) is 29.8 Å². The summed E-state index contributed by atoms with van der Waals surface area (Å²) in [7, 11) is 0. The predicted molar refractivity (Wildman–Crippen MR) is 152 cm³/mol. The SMILES string of the molecule is CC(C)Oc1ccc(/C=N\NC(=O)[C@H](CSCc2ccccc2)NC(=O)c2cc([N+](=O)[O-])cc([N+](=O)[O-])c2)cc1. The van der Waals surface area contributed by atoms with Gasteiger partial charge < -0.3 is 10.1 Å². The Balaban J connectivity index is 1.73. The first kappa shape index (κ1) is 29.8. The Kier molecular flexibility index (Phi) is 10.7. The number of hydrazone groups is 1. The predicted octanol–water partition coefficient (Wildman–Crippen LogP) is 4.47. The summed E-state index contributed by atoms with van der Waals surface area (Å²) in [6.45, 7) is 3.83. The van der Waals surface area contributed by atoms with Crippen LogP contribution >= 0.6 is 11.8 Å². The molecule has 208 valence electrons. The molecular weight excluding hydrogens is 538 g/mol. The lowest BCUT2D eigenvalue weighted by Crippen LogP contribution is -2.47. The second-order valence-electron chi connectivity index (χ2n) is 8.75. The van der Waals surface area contributed by atoms with E-state index in [0.29, 0.717) is 17.1 Å². The van der Waals surface area contributed by atoms with Gasteiger partial charge in [0.05, 0.1) is 33.8 Å². The fraction of sp³-hybridized carbons (Fsp3) is 0.222. The number of amides is 2. The van der Waals surface area contributed by atoms with Crippen molar-refractivity contribution in [3.63, 3.8) is 0 Å². The maximum absolute atomic E-state index is 13.0. The molecule has 0 unspecified atom stereocenters. The van der Waals surface area contributed by atoms with Gasteiger partial charge >= 0.3 is 0 Å². The van der Waals surface area contributed by atoms with Crippen molar-refractivity contribution >= 4 is 41.2 Å². The number of nitrogens with zero attached hydrogens (tertiary/aromatic N) is 3. The monoisotopic (exact) mass is 565 g/mol. The lowest BCUT2D eigenvalue weighted by atomic mass is 10.1. The van der Waals surface area contributed by atoms with E-state index < -0.39 is 39.1 Å². The Bertz CT molecular complexity index is 1350. The minimum Gasteiger partial charge on any atom is -0.491 e. The summed E-state index contributed by atoms with van der Waals surface area (Å²) in [4.78, 5) is 46.7. The molecule has 3 rings (SSSR count). The zero-order valence-corrected chi connectivity index (χ0v) is 22.5. The van der Waals surface area contributed by atoms with Gasteiger partial charge in [-0.25, -0.2) is 5.43 Å². The number of hydrogen-bond donors (Lipinski definition) is 2. The molecule has 0 aliphatic carbocycles. The Labute approximate surface area is 234 Å². The first-order chi connectivity index (χ1) is 19.1. The summed E-state index contributed by atoms with van der Waals surface area (Å²) in [5, 5.41) is 28.9. The molecule has 3 aromatic rings. The average Bonchev–Trinajstić information content (AvgIpc) is 2.93. The minimum absolute atomic E-state index is 0.0267. The number of benzene rings is 3. The molecule has 0 saturated heterocycles. The highest BCUT2D eigenvalue weighted by Crippen LogP contribution is 2.23. The molecular formula is C27H27N5O7S. The molecule has 0 radical (unpaired) electrons. The van der Waals surface area contributed by atoms with E-state index >= 15 is 0 Å².